The summed E-state index contributed by atoms with van der Waals surface area (Å²) in [5.41, 5.74) is 7.30. The number of carbonyl (C=O) groups is 1. The Morgan fingerprint density at radius 3 is 2.36 bits per heavy atom. The molecule has 2 aromatic carbocycles. The van der Waals surface area contributed by atoms with Gasteiger partial charge in [-0.15, -0.1) is 12.4 Å². The molecular weight excluding hydrogens is 403 g/mol. The Morgan fingerprint density at radius 1 is 1.14 bits per heavy atom. The van der Waals surface area contributed by atoms with Gasteiger partial charge in [-0.3, -0.25) is 4.79 Å². The van der Waals surface area contributed by atoms with Crippen molar-refractivity contribution in [2.24, 2.45) is 11.7 Å². The molecule has 3 atom stereocenters. The molecule has 0 aliphatic carbocycles. The molecule has 1 fully saturated rings. The van der Waals surface area contributed by atoms with Crippen LogP contribution in [0.4, 0.5) is 4.39 Å². The van der Waals surface area contributed by atoms with Gasteiger partial charge in [0.25, 0.3) is 0 Å². The van der Waals surface area contributed by atoms with Gasteiger partial charge < -0.3 is 10.6 Å². The van der Waals surface area contributed by atoms with Crippen LogP contribution in [0.1, 0.15) is 18.4 Å². The largest absolute Gasteiger partial charge is 0.340 e. The van der Waals surface area contributed by atoms with Crippen molar-refractivity contribution in [2.45, 2.75) is 23.8 Å². The van der Waals surface area contributed by atoms with Crippen molar-refractivity contribution in [1.29, 1.82) is 0 Å². The van der Waals surface area contributed by atoms with Crippen molar-refractivity contribution in [3.05, 3.63) is 66.0 Å². The van der Waals surface area contributed by atoms with E-state index in [1.54, 1.807) is 11.8 Å². The molecule has 3 rings (SSSR count). The summed E-state index contributed by atoms with van der Waals surface area (Å²) >= 11 is 0. The SMILES string of the molecule is CC(CS(=O)(=O)c1ccc(F)cc1)C(=O)N1C[C@@H](N)[C@H](c2ccccc2)C1.Cl. The zero-order chi connectivity index (χ0) is 19.6. The third kappa shape index (κ3) is 4.90. The van der Waals surface area contributed by atoms with Crippen molar-refractivity contribution in [1.82, 2.24) is 4.90 Å². The van der Waals surface area contributed by atoms with E-state index in [2.05, 4.69) is 0 Å². The molecule has 1 unspecified atom stereocenters. The Bertz CT molecular complexity index is 907. The number of benzene rings is 2. The number of nitrogens with zero attached hydrogens (tertiary/aromatic N) is 1. The molecule has 0 aromatic heterocycles. The van der Waals surface area contributed by atoms with Gasteiger partial charge in [0.05, 0.1) is 10.6 Å². The fourth-order valence-electron chi connectivity index (χ4n) is 3.51. The standard InChI is InChI=1S/C20H23FN2O3S.ClH/c1-14(13-27(25,26)17-9-7-16(21)8-10-17)20(24)23-11-18(19(22)12-23)15-5-3-2-4-6-15;/h2-10,14,18-19H,11-13,22H2,1H3;1H/t14?,18-,19+;/m0./s1. The molecule has 1 aliphatic rings. The van der Waals surface area contributed by atoms with E-state index in [1.807, 2.05) is 30.3 Å². The van der Waals surface area contributed by atoms with E-state index in [1.165, 1.54) is 12.1 Å². The van der Waals surface area contributed by atoms with Crippen LogP contribution >= 0.6 is 12.4 Å². The molecule has 2 N–H and O–H groups in total. The first-order chi connectivity index (χ1) is 12.8. The minimum absolute atomic E-state index is 0. The monoisotopic (exact) mass is 426 g/mol. The summed E-state index contributed by atoms with van der Waals surface area (Å²) in [6, 6.07) is 14.2. The maximum atomic E-state index is 13.0. The van der Waals surface area contributed by atoms with Crippen LogP contribution in [0, 0.1) is 11.7 Å². The fraction of sp³-hybridized carbons (Fsp3) is 0.350. The van der Waals surface area contributed by atoms with Crippen LogP contribution in [0.3, 0.4) is 0 Å². The molecule has 1 aliphatic heterocycles. The van der Waals surface area contributed by atoms with Crippen molar-refractivity contribution < 1.29 is 17.6 Å². The van der Waals surface area contributed by atoms with E-state index in [0.717, 1.165) is 17.7 Å². The molecule has 1 heterocycles. The van der Waals surface area contributed by atoms with E-state index >= 15 is 0 Å². The smallest absolute Gasteiger partial charge is 0.226 e. The molecule has 1 amide bonds. The lowest BCUT2D eigenvalue weighted by Gasteiger charge is -2.21. The molecule has 0 bridgehead atoms. The Kier molecular flexibility index (Phi) is 7.20. The van der Waals surface area contributed by atoms with Crippen LogP contribution in [-0.2, 0) is 14.6 Å². The van der Waals surface area contributed by atoms with Crippen molar-refractivity contribution in [3.63, 3.8) is 0 Å². The minimum Gasteiger partial charge on any atom is -0.340 e. The van der Waals surface area contributed by atoms with Gasteiger partial charge in [-0.2, -0.15) is 0 Å². The summed E-state index contributed by atoms with van der Waals surface area (Å²) in [6.45, 7) is 2.48. The Balaban J connectivity index is 0.00000280. The van der Waals surface area contributed by atoms with Crippen LogP contribution in [0.25, 0.3) is 0 Å². The average Bonchev–Trinajstić information content (AvgIpc) is 3.03. The van der Waals surface area contributed by atoms with Crippen molar-refractivity contribution >= 4 is 28.2 Å². The van der Waals surface area contributed by atoms with E-state index in [0.29, 0.717) is 13.1 Å². The molecular formula is C20H24ClFN2O3S. The van der Waals surface area contributed by atoms with Gasteiger partial charge in [-0.1, -0.05) is 37.3 Å². The second kappa shape index (κ2) is 9.03. The minimum atomic E-state index is -3.68. The molecule has 0 spiro atoms. The van der Waals surface area contributed by atoms with Gasteiger partial charge >= 0.3 is 0 Å². The molecule has 5 nitrogen and oxygen atoms in total. The van der Waals surface area contributed by atoms with Crippen LogP contribution in [0.5, 0.6) is 0 Å². The summed E-state index contributed by atoms with van der Waals surface area (Å²) in [6.07, 6.45) is 0. The number of halogens is 2. The first kappa shape index (κ1) is 22.3. The maximum Gasteiger partial charge on any atom is 0.226 e. The number of nitrogens with two attached hydrogens (primary N) is 1. The van der Waals surface area contributed by atoms with Gasteiger partial charge in [-0.25, -0.2) is 12.8 Å². The Hall–Kier alpha value is -1.96. The van der Waals surface area contributed by atoms with E-state index in [4.69, 9.17) is 5.73 Å². The highest BCUT2D eigenvalue weighted by Crippen LogP contribution is 2.28. The highest BCUT2D eigenvalue weighted by molar-refractivity contribution is 7.91. The average molecular weight is 427 g/mol. The molecule has 2 aromatic rings. The van der Waals surface area contributed by atoms with Crippen LogP contribution in [-0.4, -0.2) is 44.1 Å². The summed E-state index contributed by atoms with van der Waals surface area (Å²) in [5, 5.41) is 0. The summed E-state index contributed by atoms with van der Waals surface area (Å²) < 4.78 is 38.0. The Morgan fingerprint density at radius 2 is 1.75 bits per heavy atom. The van der Waals surface area contributed by atoms with Crippen molar-refractivity contribution in [3.8, 4) is 0 Å². The van der Waals surface area contributed by atoms with E-state index in [9.17, 15) is 17.6 Å². The first-order valence-electron chi connectivity index (χ1n) is 8.85. The molecule has 8 heteroatoms. The number of hydrogen-bond acceptors (Lipinski definition) is 4. The quantitative estimate of drug-likeness (QED) is 0.745. The lowest BCUT2D eigenvalue weighted by molar-refractivity contribution is -0.133. The number of rotatable bonds is 5. The first-order valence-corrected chi connectivity index (χ1v) is 10.5. The topological polar surface area (TPSA) is 80.5 Å². The number of amides is 1. The second-order valence-corrected chi connectivity index (χ2v) is 9.09. The molecule has 0 radical (unpaired) electrons. The lowest BCUT2D eigenvalue weighted by Crippen LogP contribution is -2.37. The van der Waals surface area contributed by atoms with Crippen LogP contribution < -0.4 is 5.73 Å². The third-order valence-electron chi connectivity index (χ3n) is 4.97. The molecule has 28 heavy (non-hydrogen) atoms. The molecule has 152 valence electrons. The zero-order valence-electron chi connectivity index (χ0n) is 15.5. The summed E-state index contributed by atoms with van der Waals surface area (Å²) in [5.74, 6) is -1.72. The van der Waals surface area contributed by atoms with Gasteiger partial charge in [0.1, 0.15) is 5.82 Å². The molecule has 0 saturated carbocycles. The maximum absolute atomic E-state index is 13.0. The second-order valence-electron chi connectivity index (χ2n) is 7.06. The number of carbonyl (C=O) groups excluding carboxylic acids is 1. The van der Waals surface area contributed by atoms with Gasteiger partial charge in [0, 0.05) is 31.0 Å². The van der Waals surface area contributed by atoms with Crippen LogP contribution in [0.15, 0.2) is 59.5 Å². The molecule has 1 saturated heterocycles. The zero-order valence-corrected chi connectivity index (χ0v) is 17.1. The number of likely N-dealkylation sites (tertiary alicyclic amines) is 1. The van der Waals surface area contributed by atoms with E-state index < -0.39 is 21.6 Å². The predicted octanol–water partition coefficient (Wildman–Crippen LogP) is 2.61. The highest BCUT2D eigenvalue weighted by atomic mass is 35.5. The van der Waals surface area contributed by atoms with Gasteiger partial charge in [-0.05, 0) is 29.8 Å². The summed E-state index contributed by atoms with van der Waals surface area (Å²) in [7, 11) is -3.68. The number of sulfone groups is 1. The van der Waals surface area contributed by atoms with Gasteiger partial charge in [0.15, 0.2) is 9.84 Å². The predicted molar refractivity (Wildman–Crippen MR) is 109 cm³/mol. The fourth-order valence-corrected chi connectivity index (χ4v) is 5.06. The van der Waals surface area contributed by atoms with Crippen LogP contribution in [0.2, 0.25) is 0 Å². The Labute approximate surface area is 171 Å². The van der Waals surface area contributed by atoms with Gasteiger partial charge in [0.2, 0.25) is 5.91 Å². The number of hydrogen-bond donors (Lipinski definition) is 1. The highest BCUT2D eigenvalue weighted by Gasteiger charge is 2.36. The normalized spacial score (nSPS) is 20.5. The third-order valence-corrected chi connectivity index (χ3v) is 6.90. The lowest BCUT2D eigenvalue weighted by atomic mass is 9.95. The van der Waals surface area contributed by atoms with Crippen molar-refractivity contribution in [2.75, 3.05) is 18.8 Å². The summed E-state index contributed by atoms with van der Waals surface area (Å²) in [4.78, 5) is 14.4. The van der Waals surface area contributed by atoms with E-state index in [-0.39, 0.29) is 40.9 Å².